The number of carbonyl (C=O) groups is 1. The molecule has 0 atom stereocenters. The first kappa shape index (κ1) is 9.36. The number of hydrogen-bond donors (Lipinski definition) is 1. The quantitative estimate of drug-likeness (QED) is 0.873. The van der Waals surface area contributed by atoms with Crippen LogP contribution in [-0.2, 0) is 6.42 Å². The summed E-state index contributed by atoms with van der Waals surface area (Å²) < 4.78 is 0. The van der Waals surface area contributed by atoms with Crippen LogP contribution in [0, 0.1) is 0 Å². The maximum Gasteiger partial charge on any atom is 0.336 e. The number of hydrogen-bond acceptors (Lipinski definition) is 4. The Labute approximate surface area is 88.7 Å². The average Bonchev–Trinajstić information content (AvgIpc) is 2.75. The molecule has 5 heteroatoms. The summed E-state index contributed by atoms with van der Waals surface area (Å²) in [7, 11) is 0. The van der Waals surface area contributed by atoms with Crippen molar-refractivity contribution in [2.45, 2.75) is 6.42 Å². The van der Waals surface area contributed by atoms with Crippen molar-refractivity contribution in [3.05, 3.63) is 38.5 Å². The summed E-state index contributed by atoms with van der Waals surface area (Å²) in [4.78, 5) is 15.8. The second kappa shape index (κ2) is 3.89. The smallest absolute Gasteiger partial charge is 0.336 e. The molecule has 0 bridgehead atoms. The molecule has 0 saturated carbocycles. The van der Waals surface area contributed by atoms with Crippen molar-refractivity contribution in [2.24, 2.45) is 0 Å². The van der Waals surface area contributed by atoms with Gasteiger partial charge in [-0.2, -0.15) is 0 Å². The van der Waals surface area contributed by atoms with Gasteiger partial charge in [0.1, 0.15) is 0 Å². The zero-order chi connectivity index (χ0) is 9.97. The zero-order valence-corrected chi connectivity index (χ0v) is 8.77. The topological polar surface area (TPSA) is 50.2 Å². The van der Waals surface area contributed by atoms with E-state index in [4.69, 9.17) is 5.11 Å². The van der Waals surface area contributed by atoms with Gasteiger partial charge in [0.2, 0.25) is 0 Å². The van der Waals surface area contributed by atoms with Gasteiger partial charge in [-0.3, -0.25) is 0 Å². The molecule has 1 N–H and O–H groups in total. The Morgan fingerprint density at radius 3 is 2.93 bits per heavy atom. The van der Waals surface area contributed by atoms with Gasteiger partial charge in [-0.1, -0.05) is 0 Å². The van der Waals surface area contributed by atoms with Crippen LogP contribution in [0.4, 0.5) is 0 Å². The molecule has 0 aliphatic carbocycles. The number of nitrogens with zero attached hydrogens (tertiary/aromatic N) is 1. The van der Waals surface area contributed by atoms with E-state index in [0.29, 0.717) is 5.56 Å². The van der Waals surface area contributed by atoms with Gasteiger partial charge in [0.25, 0.3) is 0 Å². The highest BCUT2D eigenvalue weighted by molar-refractivity contribution is 7.11. The molecule has 2 rings (SSSR count). The summed E-state index contributed by atoms with van der Waals surface area (Å²) in [5.74, 6) is -0.869. The van der Waals surface area contributed by atoms with Crippen LogP contribution in [0.2, 0.25) is 0 Å². The highest BCUT2D eigenvalue weighted by Gasteiger charge is 2.07. The summed E-state index contributed by atoms with van der Waals surface area (Å²) >= 11 is 3.05. The summed E-state index contributed by atoms with van der Waals surface area (Å²) in [5, 5.41) is 13.3. The molecule has 0 aliphatic rings. The van der Waals surface area contributed by atoms with Gasteiger partial charge in [-0.25, -0.2) is 9.78 Å². The van der Waals surface area contributed by atoms with Gasteiger partial charge in [0.05, 0.1) is 10.6 Å². The van der Waals surface area contributed by atoms with E-state index in [0.717, 1.165) is 16.3 Å². The van der Waals surface area contributed by atoms with E-state index >= 15 is 0 Å². The predicted molar refractivity (Wildman–Crippen MR) is 56.2 cm³/mol. The highest BCUT2D eigenvalue weighted by Crippen LogP contribution is 2.19. The summed E-state index contributed by atoms with van der Waals surface area (Å²) in [6.07, 6.45) is 2.49. The fraction of sp³-hybridized carbons (Fsp3) is 0.111. The van der Waals surface area contributed by atoms with Gasteiger partial charge < -0.3 is 5.11 Å². The van der Waals surface area contributed by atoms with Crippen molar-refractivity contribution in [3.8, 4) is 0 Å². The number of carboxylic acid groups (broad SMARTS) is 1. The normalized spacial score (nSPS) is 10.3. The molecule has 14 heavy (non-hydrogen) atoms. The van der Waals surface area contributed by atoms with Crippen molar-refractivity contribution < 1.29 is 9.90 Å². The molecule has 0 fully saturated rings. The molecule has 0 spiro atoms. The van der Waals surface area contributed by atoms with E-state index in [9.17, 15) is 4.79 Å². The Bertz CT molecular complexity index is 433. The third-order valence-electron chi connectivity index (χ3n) is 1.71. The largest absolute Gasteiger partial charge is 0.478 e. The number of aromatic carboxylic acids is 1. The Morgan fingerprint density at radius 2 is 2.36 bits per heavy atom. The minimum atomic E-state index is -0.869. The average molecular weight is 225 g/mol. The van der Waals surface area contributed by atoms with E-state index < -0.39 is 5.97 Å². The van der Waals surface area contributed by atoms with Crippen molar-refractivity contribution in [2.75, 3.05) is 0 Å². The van der Waals surface area contributed by atoms with Crippen molar-refractivity contribution in [1.82, 2.24) is 4.98 Å². The van der Waals surface area contributed by atoms with Crippen molar-refractivity contribution in [3.63, 3.8) is 0 Å². The standard InChI is InChI=1S/C9H7NO2S2/c11-9(12)6-3-7(14-5-6)4-8-10-1-2-13-8/h1-3,5H,4H2,(H,11,12). The first-order chi connectivity index (χ1) is 6.75. The summed E-state index contributed by atoms with van der Waals surface area (Å²) in [5.41, 5.74) is 0.363. The lowest BCUT2D eigenvalue weighted by atomic mass is 10.3. The molecule has 0 radical (unpaired) electrons. The number of aromatic nitrogens is 1. The van der Waals surface area contributed by atoms with Crippen molar-refractivity contribution in [1.29, 1.82) is 0 Å². The van der Waals surface area contributed by atoms with Crippen LogP contribution < -0.4 is 0 Å². The zero-order valence-electron chi connectivity index (χ0n) is 7.14. The van der Waals surface area contributed by atoms with Crippen LogP contribution in [-0.4, -0.2) is 16.1 Å². The fourth-order valence-corrected chi connectivity index (χ4v) is 2.67. The fourth-order valence-electron chi connectivity index (χ4n) is 1.07. The molecular formula is C9H7NO2S2. The Balaban J connectivity index is 2.14. The maximum absolute atomic E-state index is 10.6. The van der Waals surface area contributed by atoms with Gasteiger partial charge in [-0.15, -0.1) is 22.7 Å². The monoisotopic (exact) mass is 225 g/mol. The Morgan fingerprint density at radius 1 is 1.50 bits per heavy atom. The SMILES string of the molecule is O=C(O)c1csc(Cc2nccs2)c1. The molecule has 2 aromatic heterocycles. The number of thiophene rings is 1. The van der Waals surface area contributed by atoms with Gasteiger partial charge in [0.15, 0.2) is 0 Å². The summed E-state index contributed by atoms with van der Waals surface area (Å²) in [6, 6.07) is 1.70. The lowest BCUT2D eigenvalue weighted by molar-refractivity contribution is 0.0697. The molecule has 0 aromatic carbocycles. The Hall–Kier alpha value is -1.20. The van der Waals surface area contributed by atoms with E-state index in [1.54, 1.807) is 29.0 Å². The van der Waals surface area contributed by atoms with Gasteiger partial charge in [0, 0.05) is 28.3 Å². The lowest BCUT2D eigenvalue weighted by Crippen LogP contribution is -1.92. The second-order valence-corrected chi connectivity index (χ2v) is 4.68. The minimum absolute atomic E-state index is 0.363. The third kappa shape index (κ3) is 2.00. The number of carboxylic acids is 1. The van der Waals surface area contributed by atoms with Crippen LogP contribution in [0.1, 0.15) is 20.2 Å². The van der Waals surface area contributed by atoms with Crippen LogP contribution in [0.3, 0.4) is 0 Å². The maximum atomic E-state index is 10.6. The van der Waals surface area contributed by atoms with Gasteiger partial charge in [-0.05, 0) is 6.07 Å². The van der Waals surface area contributed by atoms with Crippen LogP contribution >= 0.6 is 22.7 Å². The third-order valence-corrected chi connectivity index (χ3v) is 3.43. The Kier molecular flexibility index (Phi) is 2.60. The van der Waals surface area contributed by atoms with E-state index in [2.05, 4.69) is 4.98 Å². The van der Waals surface area contributed by atoms with Crippen molar-refractivity contribution >= 4 is 28.6 Å². The number of rotatable bonds is 3. The highest BCUT2D eigenvalue weighted by atomic mass is 32.1. The predicted octanol–water partition coefficient (Wildman–Crippen LogP) is 2.49. The molecule has 3 nitrogen and oxygen atoms in total. The molecule has 0 unspecified atom stereocenters. The van der Waals surface area contributed by atoms with E-state index in [1.807, 2.05) is 5.38 Å². The molecular weight excluding hydrogens is 218 g/mol. The molecule has 0 saturated heterocycles. The summed E-state index contributed by atoms with van der Waals surface area (Å²) in [6.45, 7) is 0. The van der Waals surface area contributed by atoms with Gasteiger partial charge >= 0.3 is 5.97 Å². The first-order valence-corrected chi connectivity index (χ1v) is 5.70. The second-order valence-electron chi connectivity index (χ2n) is 2.71. The first-order valence-electron chi connectivity index (χ1n) is 3.95. The van der Waals surface area contributed by atoms with Crippen LogP contribution in [0.15, 0.2) is 23.0 Å². The molecule has 2 aromatic rings. The molecule has 2 heterocycles. The van der Waals surface area contributed by atoms with Crippen LogP contribution in [0.5, 0.6) is 0 Å². The lowest BCUT2D eigenvalue weighted by Gasteiger charge is -1.89. The molecule has 0 aliphatic heterocycles. The van der Waals surface area contributed by atoms with Crippen LogP contribution in [0.25, 0.3) is 0 Å². The molecule has 72 valence electrons. The minimum Gasteiger partial charge on any atom is -0.478 e. The van der Waals surface area contributed by atoms with E-state index in [-0.39, 0.29) is 0 Å². The molecule has 0 amide bonds. The van der Waals surface area contributed by atoms with E-state index in [1.165, 1.54) is 11.3 Å². The number of thiazole rings is 1.